The van der Waals surface area contributed by atoms with Crippen molar-refractivity contribution in [2.45, 2.75) is 37.5 Å². The second-order valence-corrected chi connectivity index (χ2v) is 5.28. The molecule has 1 aromatic carbocycles. The fourth-order valence-corrected chi connectivity index (χ4v) is 3.59. The molecule has 0 radical (unpaired) electrons. The molecule has 3 nitrogen and oxygen atoms in total. The van der Waals surface area contributed by atoms with Gasteiger partial charge >= 0.3 is 5.97 Å². The fraction of sp³-hybridized carbons (Fsp3) is 0.500. The van der Waals surface area contributed by atoms with Crippen LogP contribution in [0.25, 0.3) is 0 Å². The molecule has 90 valence electrons. The van der Waals surface area contributed by atoms with Crippen LogP contribution in [-0.4, -0.2) is 16.2 Å². The Kier molecular flexibility index (Phi) is 2.18. The Morgan fingerprint density at radius 3 is 2.82 bits per heavy atom. The van der Waals surface area contributed by atoms with E-state index in [9.17, 15) is 15.0 Å². The monoisotopic (exact) mass is 232 g/mol. The van der Waals surface area contributed by atoms with E-state index in [1.54, 1.807) is 12.1 Å². The SMILES string of the molecule is O=C(O)[C@H]1CC[C@@]12CCCc1ccc(O)cc12. The Hall–Kier alpha value is -1.51. The number of carbonyl (C=O) groups is 1. The van der Waals surface area contributed by atoms with E-state index in [2.05, 4.69) is 0 Å². The van der Waals surface area contributed by atoms with Gasteiger partial charge in [-0.2, -0.15) is 0 Å². The number of carboxylic acid groups (broad SMARTS) is 1. The first-order valence-electron chi connectivity index (χ1n) is 6.19. The van der Waals surface area contributed by atoms with Crippen molar-refractivity contribution in [3.8, 4) is 5.75 Å². The third kappa shape index (κ3) is 1.38. The van der Waals surface area contributed by atoms with Crippen LogP contribution in [0.5, 0.6) is 5.75 Å². The highest BCUT2D eigenvalue weighted by Crippen LogP contribution is 2.55. The molecule has 3 heteroatoms. The van der Waals surface area contributed by atoms with E-state index in [-0.39, 0.29) is 17.1 Å². The average molecular weight is 232 g/mol. The largest absolute Gasteiger partial charge is 0.508 e. The minimum Gasteiger partial charge on any atom is -0.508 e. The highest BCUT2D eigenvalue weighted by Gasteiger charge is 2.53. The van der Waals surface area contributed by atoms with Gasteiger partial charge in [-0.1, -0.05) is 6.07 Å². The summed E-state index contributed by atoms with van der Waals surface area (Å²) >= 11 is 0. The normalized spacial score (nSPS) is 30.7. The Morgan fingerprint density at radius 1 is 1.35 bits per heavy atom. The number of aryl methyl sites for hydroxylation is 1. The first-order chi connectivity index (χ1) is 8.13. The summed E-state index contributed by atoms with van der Waals surface area (Å²) in [4.78, 5) is 11.3. The van der Waals surface area contributed by atoms with Crippen LogP contribution in [0.4, 0.5) is 0 Å². The maximum absolute atomic E-state index is 11.3. The predicted octanol–water partition coefficient (Wildman–Crippen LogP) is 2.46. The summed E-state index contributed by atoms with van der Waals surface area (Å²) in [6, 6.07) is 5.43. The number of hydrogen-bond acceptors (Lipinski definition) is 2. The van der Waals surface area contributed by atoms with Crippen molar-refractivity contribution in [3.05, 3.63) is 29.3 Å². The smallest absolute Gasteiger partial charge is 0.307 e. The minimum absolute atomic E-state index is 0.196. The summed E-state index contributed by atoms with van der Waals surface area (Å²) in [5.41, 5.74) is 2.11. The summed E-state index contributed by atoms with van der Waals surface area (Å²) in [6.07, 6.45) is 4.72. The zero-order chi connectivity index (χ0) is 12.0. The predicted molar refractivity (Wildman–Crippen MR) is 63.1 cm³/mol. The molecule has 1 fully saturated rings. The van der Waals surface area contributed by atoms with Crippen LogP contribution in [-0.2, 0) is 16.6 Å². The minimum atomic E-state index is -0.688. The third-order valence-corrected chi connectivity index (χ3v) is 4.54. The molecule has 0 aromatic heterocycles. The molecule has 3 rings (SSSR count). The number of benzene rings is 1. The summed E-state index contributed by atoms with van der Waals surface area (Å²) in [5, 5.41) is 18.9. The lowest BCUT2D eigenvalue weighted by Gasteiger charge is -2.51. The first-order valence-corrected chi connectivity index (χ1v) is 6.19. The van der Waals surface area contributed by atoms with Gasteiger partial charge < -0.3 is 10.2 Å². The van der Waals surface area contributed by atoms with E-state index in [1.165, 1.54) is 5.56 Å². The zero-order valence-corrected chi connectivity index (χ0v) is 9.65. The van der Waals surface area contributed by atoms with Gasteiger partial charge in [-0.15, -0.1) is 0 Å². The number of aromatic hydroxyl groups is 1. The van der Waals surface area contributed by atoms with Gasteiger partial charge in [0.2, 0.25) is 0 Å². The molecule has 0 aliphatic heterocycles. The number of phenols is 1. The number of phenolic OH excluding ortho intramolecular Hbond substituents is 1. The van der Waals surface area contributed by atoms with Gasteiger partial charge in [-0.3, -0.25) is 4.79 Å². The van der Waals surface area contributed by atoms with Crippen LogP contribution in [0.3, 0.4) is 0 Å². The third-order valence-electron chi connectivity index (χ3n) is 4.54. The maximum atomic E-state index is 11.3. The van der Waals surface area contributed by atoms with Crippen LogP contribution < -0.4 is 0 Å². The Morgan fingerprint density at radius 2 is 2.18 bits per heavy atom. The van der Waals surface area contributed by atoms with Crippen molar-refractivity contribution >= 4 is 5.97 Å². The number of carboxylic acids is 1. The molecule has 0 amide bonds. The Bertz CT molecular complexity index is 480. The van der Waals surface area contributed by atoms with E-state index in [4.69, 9.17) is 0 Å². The lowest BCUT2D eigenvalue weighted by molar-refractivity contribution is -0.150. The molecular weight excluding hydrogens is 216 g/mol. The molecule has 2 aliphatic rings. The van der Waals surface area contributed by atoms with Crippen molar-refractivity contribution < 1.29 is 15.0 Å². The lowest BCUT2D eigenvalue weighted by Crippen LogP contribution is -2.50. The molecule has 0 bridgehead atoms. The van der Waals surface area contributed by atoms with Gasteiger partial charge in [-0.05, 0) is 55.4 Å². The van der Waals surface area contributed by atoms with Crippen molar-refractivity contribution in [2.75, 3.05) is 0 Å². The lowest BCUT2D eigenvalue weighted by atomic mass is 9.52. The summed E-state index contributed by atoms with van der Waals surface area (Å²) in [6.45, 7) is 0. The maximum Gasteiger partial charge on any atom is 0.307 e. The summed E-state index contributed by atoms with van der Waals surface area (Å²) in [7, 11) is 0. The van der Waals surface area contributed by atoms with Gasteiger partial charge in [0.1, 0.15) is 5.75 Å². The zero-order valence-electron chi connectivity index (χ0n) is 9.65. The molecule has 1 spiro atoms. The van der Waals surface area contributed by atoms with Crippen LogP contribution in [0, 0.1) is 5.92 Å². The van der Waals surface area contributed by atoms with E-state index >= 15 is 0 Å². The molecule has 1 saturated carbocycles. The molecule has 0 unspecified atom stereocenters. The molecule has 0 saturated heterocycles. The quantitative estimate of drug-likeness (QED) is 0.782. The molecule has 1 aromatic rings. The second-order valence-electron chi connectivity index (χ2n) is 5.28. The number of aliphatic carboxylic acids is 1. The van der Waals surface area contributed by atoms with E-state index < -0.39 is 5.97 Å². The van der Waals surface area contributed by atoms with Crippen LogP contribution in [0.15, 0.2) is 18.2 Å². The van der Waals surface area contributed by atoms with Crippen molar-refractivity contribution in [2.24, 2.45) is 5.92 Å². The Labute approximate surface area is 100 Å². The molecule has 2 atom stereocenters. The molecular formula is C14H16O3. The van der Waals surface area contributed by atoms with Gasteiger partial charge in [0.15, 0.2) is 0 Å². The highest BCUT2D eigenvalue weighted by molar-refractivity contribution is 5.74. The molecule has 17 heavy (non-hydrogen) atoms. The fourth-order valence-electron chi connectivity index (χ4n) is 3.59. The van der Waals surface area contributed by atoms with Crippen LogP contribution in [0.2, 0.25) is 0 Å². The van der Waals surface area contributed by atoms with Crippen molar-refractivity contribution in [1.29, 1.82) is 0 Å². The van der Waals surface area contributed by atoms with Gasteiger partial charge in [0, 0.05) is 5.41 Å². The molecule has 2 N–H and O–H groups in total. The summed E-state index contributed by atoms with van der Waals surface area (Å²) < 4.78 is 0. The Balaban J connectivity index is 2.10. The van der Waals surface area contributed by atoms with E-state index in [1.807, 2.05) is 6.07 Å². The van der Waals surface area contributed by atoms with Gasteiger partial charge in [-0.25, -0.2) is 0 Å². The first kappa shape index (κ1) is 10.6. The topological polar surface area (TPSA) is 57.5 Å². The number of fused-ring (bicyclic) bond motifs is 2. The van der Waals surface area contributed by atoms with E-state index in [0.29, 0.717) is 0 Å². The number of hydrogen-bond donors (Lipinski definition) is 2. The van der Waals surface area contributed by atoms with Gasteiger partial charge in [0.05, 0.1) is 5.92 Å². The van der Waals surface area contributed by atoms with Crippen molar-refractivity contribution in [3.63, 3.8) is 0 Å². The van der Waals surface area contributed by atoms with Crippen LogP contribution in [0.1, 0.15) is 36.8 Å². The molecule has 2 aliphatic carbocycles. The average Bonchev–Trinajstić information content (AvgIpc) is 2.25. The van der Waals surface area contributed by atoms with E-state index in [0.717, 1.165) is 37.7 Å². The second kappa shape index (κ2) is 3.49. The molecule has 0 heterocycles. The number of rotatable bonds is 1. The highest BCUT2D eigenvalue weighted by atomic mass is 16.4. The van der Waals surface area contributed by atoms with Crippen molar-refractivity contribution in [1.82, 2.24) is 0 Å². The summed E-state index contributed by atoms with van der Waals surface area (Å²) in [5.74, 6) is -0.697. The van der Waals surface area contributed by atoms with Crippen LogP contribution >= 0.6 is 0 Å². The van der Waals surface area contributed by atoms with Gasteiger partial charge in [0.25, 0.3) is 0 Å². The standard InChI is InChI=1S/C14H16O3/c15-10-4-3-9-2-1-6-14(12(9)8-10)7-5-11(14)13(16)17/h3-4,8,11,15H,1-2,5-7H2,(H,16,17)/t11-,14+/m1/s1.